The molecule has 1 N–H and O–H groups in total. The van der Waals surface area contributed by atoms with Gasteiger partial charge in [0.2, 0.25) is 0 Å². The third kappa shape index (κ3) is 2.84. The summed E-state index contributed by atoms with van der Waals surface area (Å²) in [7, 11) is -3.89. The lowest BCUT2D eigenvalue weighted by atomic mass is 10.3. The molecule has 3 rings (SSSR count). The monoisotopic (exact) mass is 326 g/mol. The van der Waals surface area contributed by atoms with Crippen LogP contribution in [-0.2, 0) is 10.0 Å². The van der Waals surface area contributed by atoms with Crippen LogP contribution in [0, 0.1) is 5.82 Å². The lowest BCUT2D eigenvalue weighted by Gasteiger charge is -2.03. The quantitative estimate of drug-likeness (QED) is 0.800. The number of benzene rings is 2. The molecule has 0 atom stereocenters. The summed E-state index contributed by atoms with van der Waals surface area (Å²) in [5, 5.41) is 0.462. The summed E-state index contributed by atoms with van der Waals surface area (Å²) >= 11 is 5.82. The Morgan fingerprint density at radius 3 is 2.57 bits per heavy atom. The molecule has 0 unspecified atom stereocenters. The fraction of sp³-hybridized carbons (Fsp3) is 0. The molecular weight excluding hydrogens is 319 g/mol. The average Bonchev–Trinajstić information content (AvgIpc) is 2.79. The highest BCUT2D eigenvalue weighted by Gasteiger charge is 2.17. The average molecular weight is 327 g/mol. The second-order valence-corrected chi connectivity index (χ2v) is 6.31. The van der Waals surface area contributed by atoms with E-state index in [1.54, 1.807) is 18.2 Å². The first-order valence-corrected chi connectivity index (χ1v) is 7.65. The minimum Gasteiger partial charge on any atom is -0.423 e. The van der Waals surface area contributed by atoms with Crippen LogP contribution in [0.3, 0.4) is 0 Å². The molecule has 0 bridgehead atoms. The molecule has 1 aromatic heterocycles. The van der Waals surface area contributed by atoms with Gasteiger partial charge in [0.25, 0.3) is 10.0 Å². The molecule has 1 heterocycles. The number of hydrogen-bond donors (Lipinski definition) is 1. The standard InChI is InChI=1S/C13H8ClFN2O3S/c14-8-1-6-12-11(7-8)16-13(20-12)17-21(18,19)10-4-2-9(15)3-5-10/h1-7H,(H,16,17). The molecule has 0 spiro atoms. The van der Waals surface area contributed by atoms with Crippen LogP contribution >= 0.6 is 11.6 Å². The molecule has 0 aliphatic carbocycles. The van der Waals surface area contributed by atoms with Gasteiger partial charge in [-0.05, 0) is 42.5 Å². The number of anilines is 1. The smallest absolute Gasteiger partial charge is 0.309 e. The van der Waals surface area contributed by atoms with Crippen LogP contribution in [0.1, 0.15) is 0 Å². The van der Waals surface area contributed by atoms with Crippen molar-refractivity contribution in [2.24, 2.45) is 0 Å². The second kappa shape index (κ2) is 5.01. The molecule has 5 nitrogen and oxygen atoms in total. The van der Waals surface area contributed by atoms with Crippen LogP contribution in [-0.4, -0.2) is 13.4 Å². The van der Waals surface area contributed by atoms with Gasteiger partial charge in [-0.25, -0.2) is 17.5 Å². The Morgan fingerprint density at radius 2 is 1.86 bits per heavy atom. The Balaban J connectivity index is 1.95. The number of hydrogen-bond acceptors (Lipinski definition) is 4. The first-order valence-electron chi connectivity index (χ1n) is 5.78. The van der Waals surface area contributed by atoms with Crippen LogP contribution in [0.5, 0.6) is 0 Å². The highest BCUT2D eigenvalue weighted by molar-refractivity contribution is 7.92. The fourth-order valence-corrected chi connectivity index (χ4v) is 2.83. The summed E-state index contributed by atoms with van der Waals surface area (Å²) in [6.45, 7) is 0. The van der Waals surface area contributed by atoms with E-state index in [1.165, 1.54) is 0 Å². The van der Waals surface area contributed by atoms with Gasteiger partial charge in [-0.15, -0.1) is 0 Å². The van der Waals surface area contributed by atoms with E-state index in [-0.39, 0.29) is 10.9 Å². The Bertz CT molecular complexity index is 907. The molecule has 8 heteroatoms. The van der Waals surface area contributed by atoms with Gasteiger partial charge in [-0.3, -0.25) is 0 Å². The van der Waals surface area contributed by atoms with Gasteiger partial charge in [0.05, 0.1) is 4.90 Å². The summed E-state index contributed by atoms with van der Waals surface area (Å²) in [5.74, 6) is -0.523. The van der Waals surface area contributed by atoms with Crippen LogP contribution in [0.2, 0.25) is 5.02 Å². The third-order valence-electron chi connectivity index (χ3n) is 2.70. The maximum atomic E-state index is 12.8. The fourth-order valence-electron chi connectivity index (χ4n) is 1.73. The van der Waals surface area contributed by atoms with E-state index in [9.17, 15) is 12.8 Å². The number of sulfonamides is 1. The summed E-state index contributed by atoms with van der Waals surface area (Å²) in [5.41, 5.74) is 0.829. The Labute approximate surface area is 124 Å². The lowest BCUT2D eigenvalue weighted by molar-refractivity contribution is 0.590. The predicted octanol–water partition coefficient (Wildman–Crippen LogP) is 3.42. The van der Waals surface area contributed by atoms with E-state index >= 15 is 0 Å². The van der Waals surface area contributed by atoms with Gasteiger partial charge in [0.1, 0.15) is 11.3 Å². The van der Waals surface area contributed by atoms with Crippen LogP contribution in [0.4, 0.5) is 10.4 Å². The van der Waals surface area contributed by atoms with Gasteiger partial charge >= 0.3 is 6.01 Å². The Morgan fingerprint density at radius 1 is 1.14 bits per heavy atom. The molecule has 21 heavy (non-hydrogen) atoms. The Kier molecular flexibility index (Phi) is 3.30. The van der Waals surface area contributed by atoms with Crippen molar-refractivity contribution in [3.05, 3.63) is 53.3 Å². The first-order chi connectivity index (χ1) is 9.94. The van der Waals surface area contributed by atoms with E-state index in [2.05, 4.69) is 9.71 Å². The van der Waals surface area contributed by atoms with Crippen molar-refractivity contribution in [1.29, 1.82) is 0 Å². The van der Waals surface area contributed by atoms with Crippen molar-refractivity contribution in [3.8, 4) is 0 Å². The van der Waals surface area contributed by atoms with E-state index in [1.807, 2.05) is 0 Å². The maximum Gasteiger partial charge on any atom is 0.309 e. The minimum atomic E-state index is -3.89. The molecule has 0 amide bonds. The molecule has 0 aliphatic heterocycles. The number of rotatable bonds is 3. The zero-order chi connectivity index (χ0) is 15.0. The van der Waals surface area contributed by atoms with E-state index in [4.69, 9.17) is 16.0 Å². The van der Waals surface area contributed by atoms with Crippen molar-refractivity contribution < 1.29 is 17.2 Å². The number of nitrogens with one attached hydrogen (secondary N) is 1. The van der Waals surface area contributed by atoms with Gasteiger partial charge < -0.3 is 4.42 Å². The van der Waals surface area contributed by atoms with Crippen LogP contribution < -0.4 is 4.72 Å². The van der Waals surface area contributed by atoms with Crippen molar-refractivity contribution in [1.82, 2.24) is 4.98 Å². The van der Waals surface area contributed by atoms with Crippen molar-refractivity contribution in [2.75, 3.05) is 4.72 Å². The molecule has 0 saturated carbocycles. The van der Waals surface area contributed by atoms with Gasteiger partial charge in [0.15, 0.2) is 5.58 Å². The largest absolute Gasteiger partial charge is 0.423 e. The minimum absolute atomic E-state index is 0.0933. The molecule has 2 aromatic carbocycles. The Hall–Kier alpha value is -2.12. The van der Waals surface area contributed by atoms with Gasteiger partial charge in [0, 0.05) is 5.02 Å². The summed E-state index contributed by atoms with van der Waals surface area (Å²) in [6.07, 6.45) is 0. The topological polar surface area (TPSA) is 72.2 Å². The number of aromatic nitrogens is 1. The number of nitrogens with zero attached hydrogens (tertiary/aromatic N) is 1. The maximum absolute atomic E-state index is 12.8. The van der Waals surface area contributed by atoms with E-state index in [0.29, 0.717) is 16.1 Å². The molecule has 0 radical (unpaired) electrons. The van der Waals surface area contributed by atoms with Crippen molar-refractivity contribution in [2.45, 2.75) is 4.90 Å². The van der Waals surface area contributed by atoms with Crippen LogP contribution in [0.15, 0.2) is 51.8 Å². The summed E-state index contributed by atoms with van der Waals surface area (Å²) in [6, 6.07) is 8.97. The third-order valence-corrected chi connectivity index (χ3v) is 4.27. The lowest BCUT2D eigenvalue weighted by Crippen LogP contribution is -2.13. The molecule has 108 valence electrons. The second-order valence-electron chi connectivity index (χ2n) is 4.19. The van der Waals surface area contributed by atoms with Crippen LogP contribution in [0.25, 0.3) is 11.1 Å². The number of halogens is 2. The number of fused-ring (bicyclic) bond motifs is 1. The summed E-state index contributed by atoms with van der Waals surface area (Å²) in [4.78, 5) is 3.89. The zero-order valence-electron chi connectivity index (χ0n) is 10.4. The SMILES string of the molecule is O=S(=O)(Nc1nc2cc(Cl)ccc2o1)c1ccc(F)cc1. The van der Waals surface area contributed by atoms with Gasteiger partial charge in [-0.1, -0.05) is 11.6 Å². The molecule has 0 fully saturated rings. The highest BCUT2D eigenvalue weighted by Crippen LogP contribution is 2.24. The van der Waals surface area contributed by atoms with E-state index < -0.39 is 15.8 Å². The highest BCUT2D eigenvalue weighted by atomic mass is 35.5. The predicted molar refractivity (Wildman–Crippen MR) is 76.2 cm³/mol. The van der Waals surface area contributed by atoms with Gasteiger partial charge in [-0.2, -0.15) is 4.98 Å². The van der Waals surface area contributed by atoms with Crippen molar-refractivity contribution in [3.63, 3.8) is 0 Å². The zero-order valence-corrected chi connectivity index (χ0v) is 12.0. The molecule has 0 aliphatic rings. The number of oxazole rings is 1. The molecule has 3 aromatic rings. The van der Waals surface area contributed by atoms with E-state index in [0.717, 1.165) is 24.3 Å². The molecule has 0 saturated heterocycles. The normalized spacial score (nSPS) is 11.7. The van der Waals surface area contributed by atoms with Crippen molar-refractivity contribution >= 4 is 38.7 Å². The first kappa shape index (κ1) is 13.8. The summed E-state index contributed by atoms with van der Waals surface area (Å²) < 4.78 is 44.5. The molecular formula is C13H8ClFN2O3S.